The Morgan fingerprint density at radius 3 is 2.80 bits per heavy atom. The summed E-state index contributed by atoms with van der Waals surface area (Å²) in [7, 11) is 1.64. The van der Waals surface area contributed by atoms with E-state index in [0.717, 1.165) is 24.0 Å². The zero-order valence-corrected chi connectivity index (χ0v) is 9.85. The molecule has 0 saturated carbocycles. The van der Waals surface area contributed by atoms with Crippen molar-refractivity contribution in [2.24, 2.45) is 0 Å². The molecule has 1 aromatic carbocycles. The first-order valence-corrected chi connectivity index (χ1v) is 5.45. The Hall–Kier alpha value is -0.600. The quantitative estimate of drug-likeness (QED) is 0.706. The van der Waals surface area contributed by atoms with Gasteiger partial charge in [0.1, 0.15) is 5.82 Å². The minimum atomic E-state index is -0.185. The van der Waals surface area contributed by atoms with Crippen molar-refractivity contribution in [3.8, 4) is 0 Å². The second-order valence-corrected chi connectivity index (χ2v) is 4.28. The molecule has 0 saturated heterocycles. The van der Waals surface area contributed by atoms with E-state index in [-0.39, 0.29) is 11.2 Å². The van der Waals surface area contributed by atoms with Gasteiger partial charge >= 0.3 is 0 Å². The van der Waals surface area contributed by atoms with Gasteiger partial charge in [-0.1, -0.05) is 6.07 Å². The second-order valence-electron chi connectivity index (χ2n) is 3.66. The molecule has 0 aliphatic carbocycles. The zero-order chi connectivity index (χ0) is 11.3. The van der Waals surface area contributed by atoms with Crippen LogP contribution in [0.15, 0.2) is 18.2 Å². The van der Waals surface area contributed by atoms with Gasteiger partial charge in [-0.15, -0.1) is 11.6 Å². The lowest BCUT2D eigenvalue weighted by molar-refractivity contribution is 0.195. The second kappa shape index (κ2) is 6.09. The van der Waals surface area contributed by atoms with Crippen molar-refractivity contribution in [2.45, 2.75) is 25.1 Å². The summed E-state index contributed by atoms with van der Waals surface area (Å²) < 4.78 is 17.8. The average molecular weight is 231 g/mol. The van der Waals surface area contributed by atoms with Crippen LogP contribution in [0.4, 0.5) is 4.39 Å². The van der Waals surface area contributed by atoms with Gasteiger partial charge in [-0.2, -0.15) is 0 Å². The van der Waals surface area contributed by atoms with Crippen molar-refractivity contribution in [3.05, 3.63) is 35.1 Å². The number of alkyl halides is 1. The lowest BCUT2D eigenvalue weighted by atomic mass is 10.0. The fourth-order valence-electron chi connectivity index (χ4n) is 1.52. The fraction of sp³-hybridized carbons (Fsp3) is 0.500. The first kappa shape index (κ1) is 12.5. The molecular formula is C12H16ClFO. The van der Waals surface area contributed by atoms with Crippen LogP contribution in [0.2, 0.25) is 0 Å². The van der Waals surface area contributed by atoms with Gasteiger partial charge < -0.3 is 4.74 Å². The highest BCUT2D eigenvalue weighted by Gasteiger charge is 2.06. The Bertz CT molecular complexity index is 314. The highest BCUT2D eigenvalue weighted by atomic mass is 35.5. The molecule has 84 valence electrons. The molecular weight excluding hydrogens is 215 g/mol. The highest BCUT2D eigenvalue weighted by Crippen LogP contribution is 2.14. The van der Waals surface area contributed by atoms with Gasteiger partial charge in [0.05, 0.1) is 12.0 Å². The van der Waals surface area contributed by atoms with Crippen LogP contribution in [-0.4, -0.2) is 19.1 Å². The van der Waals surface area contributed by atoms with E-state index in [1.807, 2.05) is 13.0 Å². The van der Waals surface area contributed by atoms with E-state index in [9.17, 15) is 4.39 Å². The number of ether oxygens (including phenoxy) is 1. The Balaban J connectivity index is 2.50. The lowest BCUT2D eigenvalue weighted by Gasteiger charge is -2.09. The third-order valence-corrected chi connectivity index (χ3v) is 2.72. The van der Waals surface area contributed by atoms with E-state index in [0.29, 0.717) is 6.61 Å². The summed E-state index contributed by atoms with van der Waals surface area (Å²) in [6.07, 6.45) is 1.71. The molecule has 1 atom stereocenters. The van der Waals surface area contributed by atoms with Crippen LogP contribution in [0.5, 0.6) is 0 Å². The maximum absolute atomic E-state index is 12.8. The minimum absolute atomic E-state index is 0.0273. The smallest absolute Gasteiger partial charge is 0.123 e. The van der Waals surface area contributed by atoms with Gasteiger partial charge in [-0.25, -0.2) is 4.39 Å². The van der Waals surface area contributed by atoms with E-state index in [1.54, 1.807) is 13.2 Å². The van der Waals surface area contributed by atoms with Crippen LogP contribution >= 0.6 is 11.6 Å². The van der Waals surface area contributed by atoms with Crippen molar-refractivity contribution in [3.63, 3.8) is 0 Å². The molecule has 0 aliphatic heterocycles. The molecule has 0 aliphatic rings. The Labute approximate surface area is 95.2 Å². The van der Waals surface area contributed by atoms with Gasteiger partial charge in [-0.3, -0.25) is 0 Å². The molecule has 15 heavy (non-hydrogen) atoms. The van der Waals surface area contributed by atoms with E-state index in [4.69, 9.17) is 16.3 Å². The van der Waals surface area contributed by atoms with Crippen LogP contribution in [0, 0.1) is 12.7 Å². The largest absolute Gasteiger partial charge is 0.383 e. The van der Waals surface area contributed by atoms with Crippen LogP contribution in [0.1, 0.15) is 17.5 Å². The summed E-state index contributed by atoms with van der Waals surface area (Å²) in [6.45, 7) is 2.47. The van der Waals surface area contributed by atoms with Crippen molar-refractivity contribution < 1.29 is 9.13 Å². The summed E-state index contributed by atoms with van der Waals surface area (Å²) in [5, 5.41) is 0.0273. The number of halogens is 2. The number of rotatable bonds is 5. The Morgan fingerprint density at radius 2 is 2.20 bits per heavy atom. The third kappa shape index (κ3) is 4.18. The van der Waals surface area contributed by atoms with Crippen molar-refractivity contribution in [2.75, 3.05) is 13.7 Å². The van der Waals surface area contributed by atoms with Crippen molar-refractivity contribution in [1.29, 1.82) is 0 Å². The number of methoxy groups -OCH3 is 1. The maximum atomic E-state index is 12.8. The van der Waals surface area contributed by atoms with Gasteiger partial charge in [0, 0.05) is 7.11 Å². The first-order chi connectivity index (χ1) is 7.13. The maximum Gasteiger partial charge on any atom is 0.123 e. The Kier molecular flexibility index (Phi) is 5.06. The predicted molar refractivity (Wildman–Crippen MR) is 61.0 cm³/mol. The van der Waals surface area contributed by atoms with E-state index in [2.05, 4.69) is 0 Å². The molecule has 0 heterocycles. The van der Waals surface area contributed by atoms with Gasteiger partial charge in [0.15, 0.2) is 0 Å². The van der Waals surface area contributed by atoms with Gasteiger partial charge in [0.2, 0.25) is 0 Å². The monoisotopic (exact) mass is 230 g/mol. The van der Waals surface area contributed by atoms with Gasteiger partial charge in [0.25, 0.3) is 0 Å². The molecule has 1 rings (SSSR count). The van der Waals surface area contributed by atoms with Crippen LogP contribution in [0.3, 0.4) is 0 Å². The van der Waals surface area contributed by atoms with Crippen molar-refractivity contribution >= 4 is 11.6 Å². The molecule has 1 nitrogen and oxygen atoms in total. The van der Waals surface area contributed by atoms with Crippen molar-refractivity contribution in [1.82, 2.24) is 0 Å². The summed E-state index contributed by atoms with van der Waals surface area (Å²) >= 11 is 6.02. The van der Waals surface area contributed by atoms with E-state index in [1.165, 1.54) is 6.07 Å². The Morgan fingerprint density at radius 1 is 1.47 bits per heavy atom. The topological polar surface area (TPSA) is 9.23 Å². The standard InChI is InChI=1S/C12H16ClFO/c1-9-7-12(14)6-4-10(9)3-5-11(13)8-15-2/h4,6-7,11H,3,5,8H2,1-2H3. The summed E-state index contributed by atoms with van der Waals surface area (Å²) in [6, 6.07) is 4.86. The number of benzene rings is 1. The average Bonchev–Trinajstić information content (AvgIpc) is 2.17. The van der Waals surface area contributed by atoms with E-state index >= 15 is 0 Å². The molecule has 0 N–H and O–H groups in total. The summed E-state index contributed by atoms with van der Waals surface area (Å²) in [5.41, 5.74) is 2.13. The number of hydrogen-bond donors (Lipinski definition) is 0. The fourth-order valence-corrected chi connectivity index (χ4v) is 1.75. The highest BCUT2D eigenvalue weighted by molar-refractivity contribution is 6.20. The third-order valence-electron chi connectivity index (χ3n) is 2.38. The van der Waals surface area contributed by atoms with Crippen LogP contribution in [-0.2, 0) is 11.2 Å². The number of aryl methyl sites for hydroxylation is 2. The summed E-state index contributed by atoms with van der Waals surface area (Å²) in [4.78, 5) is 0. The molecule has 0 radical (unpaired) electrons. The van der Waals surface area contributed by atoms with Crippen LogP contribution < -0.4 is 0 Å². The molecule has 0 spiro atoms. The van der Waals surface area contributed by atoms with Gasteiger partial charge in [-0.05, 0) is 43.0 Å². The minimum Gasteiger partial charge on any atom is -0.383 e. The molecule has 0 fully saturated rings. The number of hydrogen-bond acceptors (Lipinski definition) is 1. The molecule has 0 amide bonds. The molecule has 0 aromatic heterocycles. The normalized spacial score (nSPS) is 12.8. The summed E-state index contributed by atoms with van der Waals surface area (Å²) in [5.74, 6) is -0.185. The first-order valence-electron chi connectivity index (χ1n) is 5.01. The van der Waals surface area contributed by atoms with Crippen LogP contribution in [0.25, 0.3) is 0 Å². The zero-order valence-electron chi connectivity index (χ0n) is 9.09. The molecule has 1 aromatic rings. The molecule has 0 bridgehead atoms. The van der Waals surface area contributed by atoms with E-state index < -0.39 is 0 Å². The lowest BCUT2D eigenvalue weighted by Crippen LogP contribution is -2.08. The predicted octanol–water partition coefficient (Wildman–Crippen LogP) is 3.32. The molecule has 3 heteroatoms. The SMILES string of the molecule is COCC(Cl)CCc1ccc(F)cc1C. The molecule has 1 unspecified atom stereocenters.